The molecule has 0 aliphatic heterocycles. The second-order valence-corrected chi connectivity index (χ2v) is 13.6. The third-order valence-electron chi connectivity index (χ3n) is 9.65. The Hall–Kier alpha value is -6.16. The lowest BCUT2D eigenvalue weighted by Gasteiger charge is -2.11. The molecule has 2 heterocycles. The molecular weight excluding hydrogens is 613 g/mol. The molecule has 2 aromatic heterocycles. The molecule has 0 amide bonds. The topological polar surface area (TPSA) is 25.8 Å². The standard InChI is InChI=1S/C46H28N2S/c1-2-12-29(13-3-1)44-39-22-8-9-23-41(39)47-46(48-44)34-17-11-16-32(27-34)30-14-10-15-31(26-30)33-24-25-42-40(28-33)43-37-20-6-4-18-35(37)36-19-5-7-21-38(36)45(43)49-42/h1-28H. The number of benzene rings is 8. The largest absolute Gasteiger partial charge is 0.228 e. The highest BCUT2D eigenvalue weighted by Crippen LogP contribution is 2.45. The summed E-state index contributed by atoms with van der Waals surface area (Å²) >= 11 is 1.90. The minimum atomic E-state index is 0.727. The van der Waals surface area contributed by atoms with Gasteiger partial charge in [0.1, 0.15) is 0 Å². The van der Waals surface area contributed by atoms with Crippen molar-refractivity contribution < 1.29 is 0 Å². The van der Waals surface area contributed by atoms with Crippen LogP contribution in [0, 0.1) is 0 Å². The van der Waals surface area contributed by atoms with Gasteiger partial charge in [-0.3, -0.25) is 0 Å². The second-order valence-electron chi connectivity index (χ2n) is 12.5. The molecule has 0 aliphatic rings. The summed E-state index contributed by atoms with van der Waals surface area (Å²) in [6.07, 6.45) is 0. The average Bonchev–Trinajstić information content (AvgIpc) is 3.57. The molecule has 0 aliphatic carbocycles. The summed E-state index contributed by atoms with van der Waals surface area (Å²) in [4.78, 5) is 10.1. The maximum atomic E-state index is 5.12. The highest BCUT2D eigenvalue weighted by Gasteiger charge is 2.16. The van der Waals surface area contributed by atoms with E-state index in [0.717, 1.165) is 44.7 Å². The van der Waals surface area contributed by atoms with Gasteiger partial charge < -0.3 is 0 Å². The zero-order valence-electron chi connectivity index (χ0n) is 26.5. The van der Waals surface area contributed by atoms with Crippen LogP contribution in [0.25, 0.3) is 97.5 Å². The van der Waals surface area contributed by atoms with E-state index < -0.39 is 0 Å². The van der Waals surface area contributed by atoms with Crippen LogP contribution >= 0.6 is 11.3 Å². The molecule has 0 radical (unpaired) electrons. The summed E-state index contributed by atoms with van der Waals surface area (Å²) in [5, 5.41) is 8.99. The lowest BCUT2D eigenvalue weighted by molar-refractivity contribution is 1.23. The molecule has 0 unspecified atom stereocenters. The van der Waals surface area contributed by atoms with Crippen LogP contribution in [0.1, 0.15) is 0 Å². The van der Waals surface area contributed by atoms with Crippen LogP contribution < -0.4 is 0 Å². The number of para-hydroxylation sites is 1. The van der Waals surface area contributed by atoms with E-state index >= 15 is 0 Å². The molecule has 0 saturated carbocycles. The van der Waals surface area contributed by atoms with E-state index in [9.17, 15) is 0 Å². The molecule has 8 aromatic carbocycles. The highest BCUT2D eigenvalue weighted by atomic mass is 32.1. The first kappa shape index (κ1) is 27.9. The van der Waals surface area contributed by atoms with Gasteiger partial charge in [0.05, 0.1) is 11.2 Å². The molecule has 49 heavy (non-hydrogen) atoms. The van der Waals surface area contributed by atoms with Gasteiger partial charge in [0.2, 0.25) is 0 Å². The molecule has 0 N–H and O–H groups in total. The summed E-state index contributed by atoms with van der Waals surface area (Å²) in [5.41, 5.74) is 8.68. The molecular formula is C46H28N2S. The second kappa shape index (κ2) is 11.2. The van der Waals surface area contributed by atoms with E-state index in [0.29, 0.717) is 0 Å². The summed E-state index contributed by atoms with van der Waals surface area (Å²) in [6.45, 7) is 0. The number of fused-ring (bicyclic) bond motifs is 9. The van der Waals surface area contributed by atoms with Crippen LogP contribution in [0.4, 0.5) is 0 Å². The van der Waals surface area contributed by atoms with Gasteiger partial charge in [-0.1, -0.05) is 140 Å². The number of aromatic nitrogens is 2. The van der Waals surface area contributed by atoms with Crippen LogP contribution in [-0.2, 0) is 0 Å². The predicted molar refractivity (Wildman–Crippen MR) is 209 cm³/mol. The number of nitrogens with zero attached hydrogens (tertiary/aromatic N) is 2. The van der Waals surface area contributed by atoms with Gasteiger partial charge in [-0.2, -0.15) is 0 Å². The SMILES string of the molecule is c1ccc(-c2nc(-c3cccc(-c4cccc(-c5ccc6sc7c8ccccc8c8ccccc8c7c6c5)c4)c3)nc3ccccc23)cc1. The Balaban J connectivity index is 1.09. The smallest absolute Gasteiger partial charge is 0.160 e. The van der Waals surface area contributed by atoms with Crippen LogP contribution in [0.2, 0.25) is 0 Å². The maximum absolute atomic E-state index is 5.12. The molecule has 0 atom stereocenters. The lowest BCUT2D eigenvalue weighted by atomic mass is 9.95. The van der Waals surface area contributed by atoms with Gasteiger partial charge in [0, 0.05) is 42.1 Å². The van der Waals surface area contributed by atoms with Crippen LogP contribution in [0.5, 0.6) is 0 Å². The molecule has 0 spiro atoms. The van der Waals surface area contributed by atoms with Crippen LogP contribution in [-0.4, -0.2) is 9.97 Å². The van der Waals surface area contributed by atoms with E-state index in [1.54, 1.807) is 0 Å². The van der Waals surface area contributed by atoms with Gasteiger partial charge in [-0.15, -0.1) is 11.3 Å². The Labute approximate surface area is 287 Å². The minimum absolute atomic E-state index is 0.727. The van der Waals surface area contributed by atoms with E-state index in [-0.39, 0.29) is 0 Å². The van der Waals surface area contributed by atoms with E-state index in [1.165, 1.54) is 52.8 Å². The number of hydrogen-bond acceptors (Lipinski definition) is 3. The van der Waals surface area contributed by atoms with Gasteiger partial charge in [0.25, 0.3) is 0 Å². The van der Waals surface area contributed by atoms with Crippen LogP contribution in [0.15, 0.2) is 170 Å². The summed E-state index contributed by atoms with van der Waals surface area (Å²) in [7, 11) is 0. The molecule has 0 saturated heterocycles. The van der Waals surface area contributed by atoms with Crippen molar-refractivity contribution in [2.75, 3.05) is 0 Å². The van der Waals surface area contributed by atoms with E-state index in [2.05, 4.69) is 152 Å². The van der Waals surface area contributed by atoms with Gasteiger partial charge in [-0.05, 0) is 68.7 Å². The summed E-state index contributed by atoms with van der Waals surface area (Å²) in [6, 6.07) is 60.7. The third-order valence-corrected chi connectivity index (χ3v) is 10.9. The molecule has 0 fully saturated rings. The van der Waals surface area contributed by atoms with E-state index in [4.69, 9.17) is 9.97 Å². The molecule has 228 valence electrons. The van der Waals surface area contributed by atoms with Crippen molar-refractivity contribution in [2.24, 2.45) is 0 Å². The molecule has 2 nitrogen and oxygen atoms in total. The zero-order chi connectivity index (χ0) is 32.3. The minimum Gasteiger partial charge on any atom is -0.228 e. The zero-order valence-corrected chi connectivity index (χ0v) is 27.3. The maximum Gasteiger partial charge on any atom is 0.160 e. The summed E-state index contributed by atoms with van der Waals surface area (Å²) < 4.78 is 2.67. The van der Waals surface area contributed by atoms with Crippen LogP contribution in [0.3, 0.4) is 0 Å². The Morgan fingerprint density at radius 1 is 0.347 bits per heavy atom. The van der Waals surface area contributed by atoms with Gasteiger partial charge >= 0.3 is 0 Å². The fraction of sp³-hybridized carbons (Fsp3) is 0. The monoisotopic (exact) mass is 640 g/mol. The van der Waals surface area contributed by atoms with Crippen molar-refractivity contribution in [3.8, 4) is 44.9 Å². The average molecular weight is 641 g/mol. The first-order valence-corrected chi connectivity index (χ1v) is 17.4. The molecule has 10 aromatic rings. The van der Waals surface area contributed by atoms with Crippen molar-refractivity contribution in [1.82, 2.24) is 9.97 Å². The number of thiophene rings is 1. The van der Waals surface area contributed by atoms with Gasteiger partial charge in [-0.25, -0.2) is 9.97 Å². The lowest BCUT2D eigenvalue weighted by Crippen LogP contribution is -1.95. The highest BCUT2D eigenvalue weighted by molar-refractivity contribution is 7.27. The Kier molecular flexibility index (Phi) is 6.39. The van der Waals surface area contributed by atoms with Crippen molar-refractivity contribution in [3.63, 3.8) is 0 Å². The molecule has 10 rings (SSSR count). The van der Waals surface area contributed by atoms with Gasteiger partial charge in [0.15, 0.2) is 5.82 Å². The Bertz CT molecular complexity index is 2890. The summed E-state index contributed by atoms with van der Waals surface area (Å²) in [5.74, 6) is 0.727. The molecule has 3 heteroatoms. The quantitative estimate of drug-likeness (QED) is 0.179. The Morgan fingerprint density at radius 2 is 0.898 bits per heavy atom. The van der Waals surface area contributed by atoms with Crippen molar-refractivity contribution in [1.29, 1.82) is 0 Å². The third kappa shape index (κ3) is 4.62. The first-order chi connectivity index (χ1) is 24.3. The fourth-order valence-electron chi connectivity index (χ4n) is 7.32. The first-order valence-electron chi connectivity index (χ1n) is 16.6. The number of rotatable bonds is 4. The van der Waals surface area contributed by atoms with Crippen molar-refractivity contribution in [3.05, 3.63) is 170 Å². The Morgan fingerprint density at radius 3 is 1.65 bits per heavy atom. The van der Waals surface area contributed by atoms with Crippen molar-refractivity contribution >= 4 is 64.0 Å². The normalized spacial score (nSPS) is 11.7. The molecule has 0 bridgehead atoms. The fourth-order valence-corrected chi connectivity index (χ4v) is 8.56. The van der Waals surface area contributed by atoms with Crippen molar-refractivity contribution in [2.45, 2.75) is 0 Å². The predicted octanol–water partition coefficient (Wildman–Crippen LogP) is 13.0. The number of hydrogen-bond donors (Lipinski definition) is 0. The van der Waals surface area contributed by atoms with E-state index in [1.807, 2.05) is 29.5 Å².